The number of nitrogens with one attached hydrogen (secondary N) is 2. The van der Waals surface area contributed by atoms with E-state index in [9.17, 15) is 0 Å². The van der Waals surface area contributed by atoms with Gasteiger partial charge in [-0.05, 0) is 44.2 Å². The average molecular weight is 502 g/mol. The molecular weight excluding hydrogens is 467 g/mol. The van der Waals surface area contributed by atoms with Crippen molar-refractivity contribution in [3.63, 3.8) is 0 Å². The van der Waals surface area contributed by atoms with Crippen LogP contribution in [-0.4, -0.2) is 63.9 Å². The van der Waals surface area contributed by atoms with Crippen molar-refractivity contribution in [1.29, 1.82) is 0 Å². The molecule has 0 radical (unpaired) electrons. The van der Waals surface area contributed by atoms with Gasteiger partial charge in [-0.2, -0.15) is 0 Å². The monoisotopic (exact) mass is 502 g/mol. The average Bonchev–Trinajstić information content (AvgIpc) is 3.43. The van der Waals surface area contributed by atoms with Crippen LogP contribution in [0.4, 0.5) is 0 Å². The van der Waals surface area contributed by atoms with Gasteiger partial charge in [0.25, 0.3) is 0 Å². The number of guanidine groups is 1. The second kappa shape index (κ2) is 12.5. The van der Waals surface area contributed by atoms with E-state index in [1.54, 1.807) is 7.11 Å². The number of ether oxygens (including phenoxy) is 2. The van der Waals surface area contributed by atoms with Gasteiger partial charge in [-0.15, -0.1) is 24.0 Å². The van der Waals surface area contributed by atoms with Crippen LogP contribution >= 0.6 is 24.0 Å². The summed E-state index contributed by atoms with van der Waals surface area (Å²) in [5.41, 5.74) is 1.17. The van der Waals surface area contributed by atoms with Crippen molar-refractivity contribution < 1.29 is 9.47 Å². The number of nitrogens with zero attached hydrogens (tertiary/aromatic N) is 2. The van der Waals surface area contributed by atoms with Crippen LogP contribution in [0.15, 0.2) is 29.3 Å². The molecule has 1 saturated carbocycles. The van der Waals surface area contributed by atoms with Crippen molar-refractivity contribution in [2.75, 3.05) is 47.0 Å². The highest BCUT2D eigenvalue weighted by Crippen LogP contribution is 2.30. The van der Waals surface area contributed by atoms with E-state index in [2.05, 4.69) is 38.7 Å². The van der Waals surface area contributed by atoms with E-state index in [0.717, 1.165) is 50.5 Å². The van der Waals surface area contributed by atoms with Gasteiger partial charge >= 0.3 is 0 Å². The van der Waals surface area contributed by atoms with Crippen molar-refractivity contribution in [2.24, 2.45) is 10.9 Å². The summed E-state index contributed by atoms with van der Waals surface area (Å²) in [6.45, 7) is 5.40. The largest absolute Gasteiger partial charge is 0.493 e. The minimum absolute atomic E-state index is 0. The number of para-hydroxylation sites is 1. The molecule has 1 aromatic rings. The molecule has 1 aliphatic carbocycles. The van der Waals surface area contributed by atoms with Crippen LogP contribution in [0.2, 0.25) is 0 Å². The van der Waals surface area contributed by atoms with Crippen molar-refractivity contribution in [3.05, 3.63) is 29.8 Å². The van der Waals surface area contributed by atoms with Gasteiger partial charge in [0.15, 0.2) is 5.96 Å². The summed E-state index contributed by atoms with van der Waals surface area (Å²) in [5, 5.41) is 6.91. The molecule has 2 N–H and O–H groups in total. The lowest BCUT2D eigenvalue weighted by Crippen LogP contribution is -2.45. The topological polar surface area (TPSA) is 58.1 Å². The molecule has 158 valence electrons. The number of hydrogen-bond acceptors (Lipinski definition) is 4. The molecule has 2 aliphatic rings. The van der Waals surface area contributed by atoms with E-state index >= 15 is 0 Å². The van der Waals surface area contributed by atoms with Crippen molar-refractivity contribution in [3.8, 4) is 5.75 Å². The first-order chi connectivity index (χ1) is 13.3. The zero-order chi connectivity index (χ0) is 18.9. The third kappa shape index (κ3) is 7.40. The Morgan fingerprint density at radius 2 is 2.04 bits per heavy atom. The molecule has 0 bridgehead atoms. The maximum Gasteiger partial charge on any atom is 0.191 e. The summed E-state index contributed by atoms with van der Waals surface area (Å²) < 4.78 is 11.2. The Bertz CT molecular complexity index is 610. The summed E-state index contributed by atoms with van der Waals surface area (Å²) in [6, 6.07) is 8.82. The van der Waals surface area contributed by atoms with Gasteiger partial charge < -0.3 is 20.1 Å². The Morgan fingerprint density at radius 1 is 1.21 bits per heavy atom. The number of halogens is 1. The summed E-state index contributed by atoms with van der Waals surface area (Å²) in [4.78, 5) is 6.88. The highest BCUT2D eigenvalue weighted by molar-refractivity contribution is 14.0. The first-order valence-corrected chi connectivity index (χ1v) is 10.2. The molecule has 0 aromatic heterocycles. The minimum Gasteiger partial charge on any atom is -0.493 e. The standard InChI is InChI=1S/C21H34N4O2.HI/c1-22-21(24-15-19-7-5-11-25(19)12-13-26-2)23-14-18-6-3-4-8-20(18)27-16-17-9-10-17;/h3-4,6,8,17,19H,5,7,9-16H2,1-2H3,(H2,22,23,24);1H. The van der Waals surface area contributed by atoms with E-state index in [1.165, 1.54) is 31.2 Å². The van der Waals surface area contributed by atoms with Gasteiger partial charge in [-0.25, -0.2) is 0 Å². The lowest BCUT2D eigenvalue weighted by molar-refractivity contribution is 0.141. The van der Waals surface area contributed by atoms with Gasteiger partial charge in [-0.1, -0.05) is 18.2 Å². The molecule has 1 aromatic carbocycles. The molecule has 6 nitrogen and oxygen atoms in total. The van der Waals surface area contributed by atoms with Crippen molar-refractivity contribution in [2.45, 2.75) is 38.3 Å². The van der Waals surface area contributed by atoms with Crippen LogP contribution in [0.3, 0.4) is 0 Å². The van der Waals surface area contributed by atoms with Crippen LogP contribution in [-0.2, 0) is 11.3 Å². The van der Waals surface area contributed by atoms with Gasteiger partial charge in [0.05, 0.1) is 13.2 Å². The number of aliphatic imine (C=N–C) groups is 1. The summed E-state index contributed by atoms with van der Waals surface area (Å²) in [6.07, 6.45) is 5.10. The minimum atomic E-state index is 0. The molecule has 1 aliphatic heterocycles. The second-order valence-electron chi connectivity index (χ2n) is 7.49. The molecule has 2 fully saturated rings. The van der Waals surface area contributed by atoms with E-state index in [4.69, 9.17) is 9.47 Å². The first-order valence-electron chi connectivity index (χ1n) is 10.2. The van der Waals surface area contributed by atoms with Crippen LogP contribution in [0.1, 0.15) is 31.2 Å². The molecular formula is C21H35IN4O2. The maximum atomic E-state index is 6.00. The Hall–Kier alpha value is -1.06. The van der Waals surface area contributed by atoms with Crippen molar-refractivity contribution in [1.82, 2.24) is 15.5 Å². The Labute approximate surface area is 186 Å². The van der Waals surface area contributed by atoms with Crippen molar-refractivity contribution >= 4 is 29.9 Å². The summed E-state index contributed by atoms with van der Waals surface area (Å²) in [5.74, 6) is 2.58. The number of methoxy groups -OCH3 is 1. The Kier molecular flexibility index (Phi) is 10.4. The quantitative estimate of drug-likeness (QED) is 0.293. The zero-order valence-electron chi connectivity index (χ0n) is 17.2. The lowest BCUT2D eigenvalue weighted by atomic mass is 10.2. The smallest absolute Gasteiger partial charge is 0.191 e. The number of likely N-dealkylation sites (tertiary alicyclic amines) is 1. The zero-order valence-corrected chi connectivity index (χ0v) is 19.5. The highest BCUT2D eigenvalue weighted by atomic mass is 127. The van der Waals surface area contributed by atoms with Gasteiger partial charge in [0, 0.05) is 45.4 Å². The molecule has 0 amide bonds. The molecule has 1 unspecified atom stereocenters. The molecule has 7 heteroatoms. The lowest BCUT2D eigenvalue weighted by Gasteiger charge is -2.25. The Morgan fingerprint density at radius 3 is 2.79 bits per heavy atom. The van der Waals surface area contributed by atoms with Crippen LogP contribution in [0, 0.1) is 5.92 Å². The summed E-state index contributed by atoms with van der Waals surface area (Å²) in [7, 11) is 3.59. The van der Waals surface area contributed by atoms with E-state index in [0.29, 0.717) is 12.6 Å². The molecule has 0 spiro atoms. The highest BCUT2D eigenvalue weighted by Gasteiger charge is 2.24. The Balaban J connectivity index is 0.00000280. The molecule has 1 saturated heterocycles. The number of hydrogen-bond donors (Lipinski definition) is 2. The normalized spacial score (nSPS) is 19.9. The van der Waals surface area contributed by atoms with E-state index in [1.807, 2.05) is 13.1 Å². The predicted molar refractivity (Wildman–Crippen MR) is 125 cm³/mol. The van der Waals surface area contributed by atoms with E-state index in [-0.39, 0.29) is 24.0 Å². The number of benzene rings is 1. The maximum absolute atomic E-state index is 6.00. The summed E-state index contributed by atoms with van der Waals surface area (Å²) >= 11 is 0. The fourth-order valence-electron chi connectivity index (χ4n) is 3.53. The third-order valence-electron chi connectivity index (χ3n) is 5.40. The van der Waals surface area contributed by atoms with Gasteiger partial charge in [0.2, 0.25) is 0 Å². The van der Waals surface area contributed by atoms with Gasteiger partial charge in [0.1, 0.15) is 5.75 Å². The number of rotatable bonds is 10. The van der Waals surface area contributed by atoms with E-state index < -0.39 is 0 Å². The second-order valence-corrected chi connectivity index (χ2v) is 7.49. The molecule has 1 heterocycles. The fraction of sp³-hybridized carbons (Fsp3) is 0.667. The molecule has 28 heavy (non-hydrogen) atoms. The molecule has 1 atom stereocenters. The third-order valence-corrected chi connectivity index (χ3v) is 5.40. The van der Waals surface area contributed by atoms with Crippen LogP contribution in [0.5, 0.6) is 5.75 Å². The predicted octanol–water partition coefficient (Wildman–Crippen LogP) is 2.87. The SMILES string of the molecule is CN=C(NCc1ccccc1OCC1CC1)NCC1CCCN1CCOC.I. The van der Waals surface area contributed by atoms with Gasteiger partial charge in [-0.3, -0.25) is 9.89 Å². The molecule has 3 rings (SSSR count). The van der Waals surface area contributed by atoms with Crippen LogP contribution < -0.4 is 15.4 Å². The first kappa shape index (κ1) is 23.2. The van der Waals surface area contributed by atoms with Crippen LogP contribution in [0.25, 0.3) is 0 Å². The fourth-order valence-corrected chi connectivity index (χ4v) is 3.53.